The summed E-state index contributed by atoms with van der Waals surface area (Å²) in [6.07, 6.45) is 9.90. The maximum atomic E-state index is 7.08. The predicted molar refractivity (Wildman–Crippen MR) is 168 cm³/mol. The van der Waals surface area contributed by atoms with Gasteiger partial charge in [0.25, 0.3) is 0 Å². The Hall–Kier alpha value is 1.22. The molecule has 1 spiro atoms. The molecule has 2 aromatic carbocycles. The summed E-state index contributed by atoms with van der Waals surface area (Å²) in [5.41, 5.74) is 3.87. The molecular formula is C27H33O2PmS6-. The standard InChI is InChI=1S/C27H33O2S6.Pm/c30-13-3-5-19(6-4-14-31)20-9-11-24-21(15-20)17-33-26-7-1-2-8-27(26)34-18-22-16-23(32)10-12-25(22)29-35(33,34)28-24;/h9-11,15-19,26-27,30-32H,1-8,13-14H2;/q-1;. The van der Waals surface area contributed by atoms with Crippen molar-refractivity contribution in [3.05, 3.63) is 53.1 Å². The average Bonchev–Trinajstić information content (AvgIpc) is 3.14. The Labute approximate surface area is 270 Å². The summed E-state index contributed by atoms with van der Waals surface area (Å²) in [5, 5.41) is 6.40. The minimum absolute atomic E-state index is 0. The number of benzene rings is 2. The average molecular weight is 727 g/mol. The topological polar surface area (TPSA) is 18.5 Å². The molecule has 5 atom stereocenters. The largest absolute Gasteiger partial charge is 0.390 e. The summed E-state index contributed by atoms with van der Waals surface area (Å²) in [6, 6.07) is 14.3. The summed E-state index contributed by atoms with van der Waals surface area (Å²) in [5.74, 6) is 4.31. The fraction of sp³-hybridized carbons (Fsp3) is 0.481. The van der Waals surface area contributed by atoms with E-state index in [2.05, 4.69) is 79.0 Å². The van der Waals surface area contributed by atoms with E-state index in [4.69, 9.17) is 8.37 Å². The first-order chi connectivity index (χ1) is 17.1. The zero-order valence-electron chi connectivity index (χ0n) is 20.2. The van der Waals surface area contributed by atoms with E-state index in [0.29, 0.717) is 16.4 Å². The predicted octanol–water partition coefficient (Wildman–Crippen LogP) is 8.39. The maximum absolute atomic E-state index is 7.08. The Bertz CT molecular complexity index is 1190. The monoisotopic (exact) mass is 726 g/mol. The Morgan fingerprint density at radius 2 is 1.61 bits per heavy atom. The molecule has 9 heteroatoms. The summed E-state index contributed by atoms with van der Waals surface area (Å²) in [6.45, 7) is 0. The van der Waals surface area contributed by atoms with Crippen LogP contribution in [0.3, 0.4) is 0 Å². The number of fused-ring (bicyclic) bond motifs is 5. The molecular weight excluding hydrogens is 694 g/mol. The zero-order valence-corrected chi connectivity index (χ0v) is 28.2. The SMILES string of the molecule is SCCCC(CCCS)c1ccc2c(c1)C=S1C3CCCCC3S3=Cc4cc(S)c[c-]c4OS31O2.[Pm]. The maximum Gasteiger partial charge on any atom is 0.162 e. The molecule has 1 saturated carbocycles. The molecule has 195 valence electrons. The molecule has 4 aliphatic rings. The van der Waals surface area contributed by atoms with E-state index < -0.39 is 8.65 Å². The second-order valence-corrected chi connectivity index (χ2v) is 20.8. The number of rotatable bonds is 7. The van der Waals surface area contributed by atoms with Crippen LogP contribution in [0, 0.1) is 46.5 Å². The van der Waals surface area contributed by atoms with Gasteiger partial charge in [0.2, 0.25) is 0 Å². The van der Waals surface area contributed by atoms with Gasteiger partial charge in [-0.3, -0.25) is 0 Å². The number of hydrogen-bond acceptors (Lipinski definition) is 5. The van der Waals surface area contributed by atoms with Crippen molar-refractivity contribution in [1.82, 2.24) is 0 Å². The minimum atomic E-state index is -1.76. The van der Waals surface area contributed by atoms with Crippen LogP contribution in [0.1, 0.15) is 74.0 Å². The van der Waals surface area contributed by atoms with Crippen LogP contribution < -0.4 is 8.37 Å². The number of hydrogen-bond donors (Lipinski definition) is 3. The van der Waals surface area contributed by atoms with Crippen molar-refractivity contribution in [3.63, 3.8) is 0 Å². The van der Waals surface area contributed by atoms with E-state index in [1.807, 2.05) is 6.07 Å². The molecule has 2 fully saturated rings. The van der Waals surface area contributed by atoms with E-state index >= 15 is 0 Å². The van der Waals surface area contributed by atoms with Gasteiger partial charge >= 0.3 is 0 Å². The first kappa shape index (κ1) is 28.7. The second kappa shape index (κ2) is 12.4. The van der Waals surface area contributed by atoms with E-state index in [1.54, 1.807) is 0 Å². The number of thiol groups is 3. The van der Waals surface area contributed by atoms with Gasteiger partial charge in [0.05, 0.1) is 5.75 Å². The van der Waals surface area contributed by atoms with Crippen LogP contribution in [-0.4, -0.2) is 32.7 Å². The van der Waals surface area contributed by atoms with Crippen LogP contribution in [0.25, 0.3) is 0 Å². The third-order valence-electron chi connectivity index (χ3n) is 7.42. The van der Waals surface area contributed by atoms with Crippen LogP contribution in [-0.2, 0) is 0 Å². The third-order valence-corrected chi connectivity index (χ3v) is 22.0. The summed E-state index contributed by atoms with van der Waals surface area (Å²) in [4.78, 5) is 0.941. The summed E-state index contributed by atoms with van der Waals surface area (Å²) in [7, 11) is -1.79. The molecule has 0 N–H and O–H groups in total. The Kier molecular flexibility index (Phi) is 9.89. The van der Waals surface area contributed by atoms with Crippen LogP contribution >= 0.6 is 65.6 Å². The van der Waals surface area contributed by atoms with Crippen LogP contribution in [0.2, 0.25) is 0 Å². The molecule has 1 aliphatic carbocycles. The van der Waals surface area contributed by atoms with Gasteiger partial charge < -0.3 is 8.37 Å². The Balaban J connectivity index is 0.00000267. The molecule has 0 aromatic heterocycles. The van der Waals surface area contributed by atoms with Gasteiger partial charge in [0.15, 0.2) is 5.75 Å². The van der Waals surface area contributed by atoms with Crippen LogP contribution in [0.15, 0.2) is 35.2 Å². The van der Waals surface area contributed by atoms with Crippen molar-refractivity contribution in [3.8, 4) is 11.5 Å². The van der Waals surface area contributed by atoms with Gasteiger partial charge in [-0.05, 0) is 97.2 Å². The second-order valence-electron chi connectivity index (χ2n) is 9.70. The third kappa shape index (κ3) is 5.30. The zero-order chi connectivity index (χ0) is 24.0. The van der Waals surface area contributed by atoms with Gasteiger partial charge in [0, 0.05) is 56.5 Å². The van der Waals surface area contributed by atoms with Crippen molar-refractivity contribution in [2.24, 2.45) is 0 Å². The van der Waals surface area contributed by atoms with Gasteiger partial charge in [-0.15, -0.1) is 17.0 Å². The summed E-state index contributed by atoms with van der Waals surface area (Å²) < 4.78 is 14.0. The molecule has 0 bridgehead atoms. The fourth-order valence-electron chi connectivity index (χ4n) is 5.71. The minimum Gasteiger partial charge on any atom is -0.390 e. The van der Waals surface area contributed by atoms with Gasteiger partial charge in [0.1, 0.15) is 0 Å². The van der Waals surface area contributed by atoms with Crippen molar-refractivity contribution >= 4 is 76.3 Å². The molecule has 36 heavy (non-hydrogen) atoms. The quantitative estimate of drug-likeness (QED) is 0.115. The first-order valence-electron chi connectivity index (χ1n) is 12.6. The van der Waals surface area contributed by atoms with Crippen molar-refractivity contribution < 1.29 is 48.8 Å². The Morgan fingerprint density at radius 1 is 0.944 bits per heavy atom. The molecule has 1 saturated heterocycles. The van der Waals surface area contributed by atoms with Crippen molar-refractivity contribution in [2.75, 3.05) is 11.5 Å². The van der Waals surface area contributed by atoms with Crippen LogP contribution in [0.4, 0.5) is 0 Å². The molecule has 3 aliphatic heterocycles. The molecule has 6 rings (SSSR count). The molecule has 3 heterocycles. The van der Waals surface area contributed by atoms with E-state index in [9.17, 15) is 0 Å². The van der Waals surface area contributed by atoms with Gasteiger partial charge in [-0.1, -0.05) is 39.4 Å². The van der Waals surface area contributed by atoms with E-state index in [-0.39, 0.29) is 59.4 Å². The van der Waals surface area contributed by atoms with Crippen molar-refractivity contribution in [1.29, 1.82) is 0 Å². The first-order valence-corrected chi connectivity index (χ1v) is 19.5. The van der Waals surface area contributed by atoms with Crippen LogP contribution in [0.5, 0.6) is 11.5 Å². The molecule has 1 radical (unpaired) electrons. The Morgan fingerprint density at radius 3 is 2.28 bits per heavy atom. The van der Waals surface area contributed by atoms with Gasteiger partial charge in [-0.25, -0.2) is 12.6 Å². The van der Waals surface area contributed by atoms with Gasteiger partial charge in [-0.2, -0.15) is 31.3 Å². The van der Waals surface area contributed by atoms with E-state index in [1.165, 1.54) is 49.7 Å². The van der Waals surface area contributed by atoms with Crippen molar-refractivity contribution in [2.45, 2.75) is 72.7 Å². The molecule has 2 aromatic rings. The summed E-state index contributed by atoms with van der Waals surface area (Å²) >= 11 is 13.5. The fourth-order valence-corrected chi connectivity index (χ4v) is 23.4. The smallest absolute Gasteiger partial charge is 0.162 e. The van der Waals surface area contributed by atoms with E-state index in [0.717, 1.165) is 46.3 Å². The normalized spacial score (nSPS) is 30.9. The molecule has 5 unspecified atom stereocenters. The molecule has 0 amide bonds. The molecule has 2 nitrogen and oxygen atoms in total.